The van der Waals surface area contributed by atoms with Crippen LogP contribution >= 0.6 is 11.6 Å². The molecule has 0 saturated carbocycles. The molecule has 1 heterocycles. The van der Waals surface area contributed by atoms with Crippen molar-refractivity contribution in [2.75, 3.05) is 0 Å². The molecule has 0 radical (unpaired) electrons. The summed E-state index contributed by atoms with van der Waals surface area (Å²) in [5, 5.41) is 0.721. The predicted molar refractivity (Wildman–Crippen MR) is 69.2 cm³/mol. The lowest BCUT2D eigenvalue weighted by Gasteiger charge is -2.13. The lowest BCUT2D eigenvalue weighted by molar-refractivity contribution is 0.554. The molecule has 0 aliphatic heterocycles. The van der Waals surface area contributed by atoms with Crippen molar-refractivity contribution in [3.8, 4) is 0 Å². The molecule has 0 atom stereocenters. The van der Waals surface area contributed by atoms with Gasteiger partial charge in [-0.25, -0.2) is 4.98 Å². The number of rotatable bonds is 1. The van der Waals surface area contributed by atoms with Crippen LogP contribution in [0.15, 0.2) is 12.1 Å². The number of halogens is 1. The van der Waals surface area contributed by atoms with Gasteiger partial charge in [-0.1, -0.05) is 45.4 Å². The number of aromatic amines is 1. The lowest BCUT2D eigenvalue weighted by Crippen LogP contribution is -2.13. The summed E-state index contributed by atoms with van der Waals surface area (Å²) in [5.74, 6) is 0.991. The number of nitrogens with zero attached hydrogens (tertiary/aromatic N) is 1. The van der Waals surface area contributed by atoms with Gasteiger partial charge in [0.25, 0.3) is 0 Å². The minimum absolute atomic E-state index is 0.0212. The van der Waals surface area contributed by atoms with Gasteiger partial charge in [0, 0.05) is 5.41 Å². The second-order valence-corrected chi connectivity index (χ2v) is 5.53. The third-order valence-electron chi connectivity index (χ3n) is 2.77. The Labute approximate surface area is 101 Å². The van der Waals surface area contributed by atoms with Crippen LogP contribution in [0.25, 0.3) is 11.0 Å². The van der Waals surface area contributed by atoms with Crippen LogP contribution in [0, 0.1) is 0 Å². The summed E-state index contributed by atoms with van der Waals surface area (Å²) in [7, 11) is 0. The summed E-state index contributed by atoms with van der Waals surface area (Å²) in [6, 6.07) is 3.99. The molecule has 0 aliphatic rings. The fraction of sp³-hybridized carbons (Fsp3) is 0.462. The Kier molecular flexibility index (Phi) is 2.70. The summed E-state index contributed by atoms with van der Waals surface area (Å²) in [6.45, 7) is 8.57. The topological polar surface area (TPSA) is 28.7 Å². The number of aromatic nitrogens is 2. The molecule has 0 unspecified atom stereocenters. The van der Waals surface area contributed by atoms with Crippen LogP contribution in [0.2, 0.25) is 5.02 Å². The summed E-state index contributed by atoms with van der Waals surface area (Å²) in [6.07, 6.45) is 0.986. The van der Waals surface area contributed by atoms with Gasteiger partial charge in [-0.2, -0.15) is 0 Å². The van der Waals surface area contributed by atoms with E-state index in [4.69, 9.17) is 11.6 Å². The standard InChI is InChI=1S/C13H17ClN2/c1-5-8-6-7-9(14)11-10(8)15-12(16-11)13(2,3)4/h6-7H,5H2,1-4H3,(H,15,16). The maximum absolute atomic E-state index is 6.17. The van der Waals surface area contributed by atoms with E-state index in [0.29, 0.717) is 0 Å². The van der Waals surface area contributed by atoms with E-state index in [-0.39, 0.29) is 5.41 Å². The Hall–Kier alpha value is -1.02. The zero-order valence-electron chi connectivity index (χ0n) is 10.2. The first-order valence-corrected chi connectivity index (χ1v) is 5.99. The van der Waals surface area contributed by atoms with Crippen molar-refractivity contribution in [3.05, 3.63) is 28.5 Å². The number of hydrogen-bond acceptors (Lipinski definition) is 1. The first kappa shape index (κ1) is 11.5. The fourth-order valence-electron chi connectivity index (χ4n) is 1.76. The van der Waals surface area contributed by atoms with E-state index in [2.05, 4.69) is 43.7 Å². The van der Waals surface area contributed by atoms with Crippen LogP contribution in [0.1, 0.15) is 39.1 Å². The van der Waals surface area contributed by atoms with Gasteiger partial charge < -0.3 is 4.98 Å². The van der Waals surface area contributed by atoms with Gasteiger partial charge >= 0.3 is 0 Å². The first-order valence-electron chi connectivity index (χ1n) is 5.61. The Balaban J connectivity index is 2.73. The van der Waals surface area contributed by atoms with Gasteiger partial charge in [0.05, 0.1) is 10.5 Å². The maximum atomic E-state index is 6.17. The number of nitrogens with one attached hydrogen (secondary N) is 1. The van der Waals surface area contributed by atoms with Crippen LogP contribution in [0.3, 0.4) is 0 Å². The second-order valence-electron chi connectivity index (χ2n) is 5.12. The Morgan fingerprint density at radius 1 is 1.31 bits per heavy atom. The molecule has 1 aromatic carbocycles. The Morgan fingerprint density at radius 3 is 2.56 bits per heavy atom. The third-order valence-corrected chi connectivity index (χ3v) is 3.08. The highest BCUT2D eigenvalue weighted by atomic mass is 35.5. The van der Waals surface area contributed by atoms with E-state index in [9.17, 15) is 0 Å². The summed E-state index contributed by atoms with van der Waals surface area (Å²) in [5.41, 5.74) is 3.26. The molecular weight excluding hydrogens is 220 g/mol. The zero-order chi connectivity index (χ0) is 11.9. The monoisotopic (exact) mass is 236 g/mol. The summed E-state index contributed by atoms with van der Waals surface area (Å²) < 4.78 is 0. The minimum Gasteiger partial charge on any atom is -0.341 e. The van der Waals surface area contributed by atoms with E-state index < -0.39 is 0 Å². The van der Waals surface area contributed by atoms with Crippen molar-refractivity contribution in [2.24, 2.45) is 0 Å². The molecule has 2 nitrogen and oxygen atoms in total. The van der Waals surface area contributed by atoms with Crippen LogP contribution < -0.4 is 0 Å². The van der Waals surface area contributed by atoms with E-state index in [1.54, 1.807) is 0 Å². The van der Waals surface area contributed by atoms with Crippen molar-refractivity contribution in [2.45, 2.75) is 39.5 Å². The molecule has 2 rings (SSSR count). The van der Waals surface area contributed by atoms with Crippen molar-refractivity contribution < 1.29 is 0 Å². The molecule has 0 spiro atoms. The Bertz CT molecular complexity index is 520. The van der Waals surface area contributed by atoms with Crippen LogP contribution in [0.4, 0.5) is 0 Å². The number of aryl methyl sites for hydroxylation is 1. The molecule has 1 aromatic heterocycles. The molecule has 2 aromatic rings. The van der Waals surface area contributed by atoms with Crippen LogP contribution in [-0.2, 0) is 11.8 Å². The van der Waals surface area contributed by atoms with Gasteiger partial charge in [-0.05, 0) is 18.1 Å². The summed E-state index contributed by atoms with van der Waals surface area (Å²) in [4.78, 5) is 8.00. The highest BCUT2D eigenvalue weighted by Gasteiger charge is 2.19. The smallest absolute Gasteiger partial charge is 0.112 e. The van der Waals surface area contributed by atoms with Crippen molar-refractivity contribution in [1.82, 2.24) is 9.97 Å². The van der Waals surface area contributed by atoms with Gasteiger partial charge in [-0.3, -0.25) is 0 Å². The quantitative estimate of drug-likeness (QED) is 0.794. The lowest BCUT2D eigenvalue weighted by atomic mass is 9.96. The average molecular weight is 237 g/mol. The molecule has 3 heteroatoms. The molecule has 16 heavy (non-hydrogen) atoms. The number of benzene rings is 1. The van der Waals surface area contributed by atoms with E-state index in [1.165, 1.54) is 5.56 Å². The van der Waals surface area contributed by atoms with Crippen LogP contribution in [-0.4, -0.2) is 9.97 Å². The molecule has 0 saturated heterocycles. The Morgan fingerprint density at radius 2 is 2.00 bits per heavy atom. The number of H-pyrrole nitrogens is 1. The normalized spacial score (nSPS) is 12.3. The molecular formula is C13H17ClN2. The maximum Gasteiger partial charge on any atom is 0.112 e. The summed E-state index contributed by atoms with van der Waals surface area (Å²) >= 11 is 6.17. The predicted octanol–water partition coefficient (Wildman–Crippen LogP) is 4.08. The number of fused-ring (bicyclic) bond motifs is 1. The molecule has 0 amide bonds. The molecule has 0 bridgehead atoms. The van der Waals surface area contributed by atoms with E-state index in [1.807, 2.05) is 6.07 Å². The fourth-order valence-corrected chi connectivity index (χ4v) is 1.96. The highest BCUT2D eigenvalue weighted by Crippen LogP contribution is 2.29. The zero-order valence-corrected chi connectivity index (χ0v) is 10.9. The van der Waals surface area contributed by atoms with Gasteiger partial charge in [-0.15, -0.1) is 0 Å². The van der Waals surface area contributed by atoms with E-state index >= 15 is 0 Å². The second kappa shape index (κ2) is 3.77. The largest absolute Gasteiger partial charge is 0.341 e. The van der Waals surface area contributed by atoms with Gasteiger partial charge in [0.1, 0.15) is 11.3 Å². The minimum atomic E-state index is 0.0212. The highest BCUT2D eigenvalue weighted by molar-refractivity contribution is 6.35. The number of imidazole rings is 1. The van der Waals surface area contributed by atoms with Crippen molar-refractivity contribution in [1.29, 1.82) is 0 Å². The van der Waals surface area contributed by atoms with Crippen molar-refractivity contribution in [3.63, 3.8) is 0 Å². The molecule has 86 valence electrons. The van der Waals surface area contributed by atoms with Gasteiger partial charge in [0.15, 0.2) is 0 Å². The SMILES string of the molecule is CCc1ccc(Cl)c2nc(C(C)(C)C)[nH]c12. The molecule has 0 fully saturated rings. The van der Waals surface area contributed by atoms with Gasteiger partial charge in [0.2, 0.25) is 0 Å². The third kappa shape index (κ3) is 1.82. The average Bonchev–Trinajstić information content (AvgIpc) is 2.63. The molecule has 1 N–H and O–H groups in total. The van der Waals surface area contributed by atoms with Crippen LogP contribution in [0.5, 0.6) is 0 Å². The van der Waals surface area contributed by atoms with Crippen molar-refractivity contribution >= 4 is 22.6 Å². The first-order chi connectivity index (χ1) is 7.43. The number of hydrogen-bond donors (Lipinski definition) is 1. The van der Waals surface area contributed by atoms with E-state index in [0.717, 1.165) is 28.3 Å². The molecule has 0 aliphatic carbocycles.